The summed E-state index contributed by atoms with van der Waals surface area (Å²) in [7, 11) is 0. The number of hydrogen-bond acceptors (Lipinski definition) is 8. The van der Waals surface area contributed by atoms with Crippen molar-refractivity contribution in [1.29, 1.82) is 0 Å². The standard InChI is InChI=1S/C14H13O8.Zn/c1-7(15)19-11-5-6-12(20-8(2)16)14(22-10(4)18)13(11)21-9(3)17;/h5H,1-4H3;. The van der Waals surface area contributed by atoms with Crippen LogP contribution in [0.4, 0.5) is 0 Å². The summed E-state index contributed by atoms with van der Waals surface area (Å²) in [6.07, 6.45) is 0. The first kappa shape index (κ1) is 18.8. The Balaban J connectivity index is 3.64. The molecule has 0 aliphatic carbocycles. The third kappa shape index (κ3) is 5.45. The van der Waals surface area contributed by atoms with Crippen LogP contribution in [0.2, 0.25) is 0 Å². The molecule has 0 N–H and O–H groups in total. The fraction of sp³-hybridized carbons (Fsp3) is 0.286. The number of ether oxygens (including phenoxy) is 4. The summed E-state index contributed by atoms with van der Waals surface area (Å²) in [5, 5.41) is 0. The fourth-order valence-electron chi connectivity index (χ4n) is 1.61. The molecule has 0 aliphatic rings. The van der Waals surface area contributed by atoms with E-state index in [1.807, 2.05) is 0 Å². The van der Waals surface area contributed by atoms with Crippen molar-refractivity contribution in [3.63, 3.8) is 0 Å². The Labute approximate surface area is 141 Å². The number of carbonyl (C=O) groups excluding carboxylic acids is 4. The van der Waals surface area contributed by atoms with Gasteiger partial charge in [-0.3, -0.25) is 0 Å². The molecule has 0 bridgehead atoms. The normalized spacial score (nSPS) is 9.83. The third-order valence-corrected chi connectivity index (χ3v) is 3.33. The quantitative estimate of drug-likeness (QED) is 0.427. The maximum atomic E-state index is 11.3. The van der Waals surface area contributed by atoms with Gasteiger partial charge in [-0.1, -0.05) is 0 Å². The second-order valence-corrected chi connectivity index (χ2v) is 5.99. The molecule has 0 unspecified atom stereocenters. The van der Waals surface area contributed by atoms with Crippen molar-refractivity contribution in [2.45, 2.75) is 27.7 Å². The zero-order chi connectivity index (χ0) is 17.7. The van der Waals surface area contributed by atoms with Crippen LogP contribution in [0.15, 0.2) is 6.07 Å². The van der Waals surface area contributed by atoms with Crippen molar-refractivity contribution < 1.29 is 56.4 Å². The number of carbonyl (C=O) groups is 4. The molecule has 0 spiro atoms. The average Bonchev–Trinajstić information content (AvgIpc) is 2.36. The minimum absolute atomic E-state index is 0.0557. The Morgan fingerprint density at radius 1 is 0.696 bits per heavy atom. The van der Waals surface area contributed by atoms with Crippen molar-refractivity contribution in [3.8, 4) is 23.0 Å². The van der Waals surface area contributed by atoms with Gasteiger partial charge in [-0.05, 0) is 0 Å². The Bertz CT molecular complexity index is 680. The molecule has 0 amide bonds. The molecule has 0 aromatic heterocycles. The number of benzene rings is 1. The summed E-state index contributed by atoms with van der Waals surface area (Å²) in [6, 6.07) is 1.38. The monoisotopic (exact) mass is 373 g/mol. The molecule has 0 aliphatic heterocycles. The molecule has 0 fully saturated rings. The van der Waals surface area contributed by atoms with E-state index in [9.17, 15) is 19.2 Å². The first-order valence-corrected chi connectivity index (χ1v) is 7.86. The van der Waals surface area contributed by atoms with E-state index in [2.05, 4.69) is 0 Å². The first-order valence-electron chi connectivity index (χ1n) is 6.38. The minimum atomic E-state index is -0.736. The molecule has 0 heterocycles. The van der Waals surface area contributed by atoms with Crippen LogP contribution in [0.25, 0.3) is 0 Å². The summed E-state index contributed by atoms with van der Waals surface area (Å²) in [4.78, 5) is 45.1. The van der Waals surface area contributed by atoms with Crippen molar-refractivity contribution in [2.24, 2.45) is 0 Å². The Morgan fingerprint density at radius 2 is 1.09 bits per heavy atom. The van der Waals surface area contributed by atoms with Crippen molar-refractivity contribution >= 4 is 28.0 Å². The van der Waals surface area contributed by atoms with Gasteiger partial charge in [0.15, 0.2) is 0 Å². The first-order chi connectivity index (χ1) is 10.6. The van der Waals surface area contributed by atoms with E-state index in [1.165, 1.54) is 13.0 Å². The Hall–Kier alpha value is -2.28. The molecular formula is C14H13O8Zn. The van der Waals surface area contributed by atoms with Crippen LogP contribution in [-0.4, -0.2) is 23.9 Å². The zero-order valence-corrected chi connectivity index (χ0v) is 16.0. The number of hydrogen-bond donors (Lipinski definition) is 0. The van der Waals surface area contributed by atoms with Gasteiger partial charge in [0.1, 0.15) is 0 Å². The maximum absolute atomic E-state index is 11.3. The number of rotatable bonds is 4. The van der Waals surface area contributed by atoms with Crippen LogP contribution >= 0.6 is 0 Å². The molecule has 8 nitrogen and oxygen atoms in total. The summed E-state index contributed by atoms with van der Waals surface area (Å²) < 4.78 is 20.5. The van der Waals surface area contributed by atoms with Gasteiger partial charge < -0.3 is 0 Å². The topological polar surface area (TPSA) is 105 Å². The number of esters is 4. The molecule has 1 rings (SSSR count). The molecule has 1 aromatic carbocycles. The van der Waals surface area contributed by atoms with Crippen LogP contribution in [0.3, 0.4) is 0 Å². The molecule has 0 radical (unpaired) electrons. The fourth-order valence-corrected chi connectivity index (χ4v) is 2.49. The Morgan fingerprint density at radius 3 is 1.52 bits per heavy atom. The van der Waals surface area contributed by atoms with Crippen LogP contribution in [-0.2, 0) is 37.5 Å². The summed E-state index contributed by atoms with van der Waals surface area (Å²) in [5.41, 5.74) is 0. The van der Waals surface area contributed by atoms with E-state index in [0.29, 0.717) is 22.5 Å². The van der Waals surface area contributed by atoms with E-state index in [0.717, 1.165) is 20.8 Å². The molecular weight excluding hydrogens is 362 g/mol. The molecule has 9 heteroatoms. The molecule has 1 aromatic rings. The predicted molar refractivity (Wildman–Crippen MR) is 71.3 cm³/mol. The van der Waals surface area contributed by atoms with E-state index < -0.39 is 23.9 Å². The average molecular weight is 375 g/mol. The van der Waals surface area contributed by atoms with Gasteiger partial charge in [0.05, 0.1) is 0 Å². The summed E-state index contributed by atoms with van der Waals surface area (Å²) >= 11 is 0.492. The molecule has 0 saturated heterocycles. The van der Waals surface area contributed by atoms with Crippen LogP contribution in [0.1, 0.15) is 27.7 Å². The van der Waals surface area contributed by atoms with Gasteiger partial charge in [0.25, 0.3) is 0 Å². The SMILES string of the molecule is CC(=O)Oc1c[c]([Zn])c(OC(C)=O)c(OC(C)=O)c1OC(C)=O. The van der Waals surface area contributed by atoms with E-state index in [4.69, 9.17) is 18.9 Å². The predicted octanol–water partition coefficient (Wildman–Crippen LogP) is 0.560. The van der Waals surface area contributed by atoms with Gasteiger partial charge >= 0.3 is 141 Å². The second-order valence-electron chi connectivity index (χ2n) is 4.40. The van der Waals surface area contributed by atoms with Crippen molar-refractivity contribution in [2.75, 3.05) is 0 Å². The van der Waals surface area contributed by atoms with Crippen LogP contribution in [0.5, 0.6) is 23.0 Å². The van der Waals surface area contributed by atoms with E-state index in [1.54, 1.807) is 0 Å². The third-order valence-electron chi connectivity index (χ3n) is 2.22. The molecule has 0 atom stereocenters. The van der Waals surface area contributed by atoms with Crippen LogP contribution < -0.4 is 23.1 Å². The van der Waals surface area contributed by atoms with Gasteiger partial charge in [0, 0.05) is 0 Å². The van der Waals surface area contributed by atoms with Crippen molar-refractivity contribution in [1.82, 2.24) is 0 Å². The van der Waals surface area contributed by atoms with E-state index in [-0.39, 0.29) is 23.0 Å². The van der Waals surface area contributed by atoms with Crippen LogP contribution in [0, 0.1) is 0 Å². The van der Waals surface area contributed by atoms with Gasteiger partial charge in [0.2, 0.25) is 0 Å². The summed E-state index contributed by atoms with van der Waals surface area (Å²) in [6.45, 7) is 4.57. The molecule has 0 saturated carbocycles. The molecule has 23 heavy (non-hydrogen) atoms. The summed E-state index contributed by atoms with van der Waals surface area (Å²) in [5.74, 6) is -3.54. The van der Waals surface area contributed by atoms with E-state index >= 15 is 0 Å². The van der Waals surface area contributed by atoms with Crippen molar-refractivity contribution in [3.05, 3.63) is 6.07 Å². The molecule has 119 valence electrons. The van der Waals surface area contributed by atoms with Gasteiger partial charge in [-0.25, -0.2) is 0 Å². The second kappa shape index (κ2) is 7.83. The van der Waals surface area contributed by atoms with Gasteiger partial charge in [-0.15, -0.1) is 0 Å². The van der Waals surface area contributed by atoms with Gasteiger partial charge in [-0.2, -0.15) is 0 Å². The Kier molecular flexibility index (Phi) is 6.39. The zero-order valence-electron chi connectivity index (χ0n) is 13.1.